The highest BCUT2D eigenvalue weighted by Gasteiger charge is 2.13. The minimum Gasteiger partial charge on any atom is -0.327 e. The van der Waals surface area contributed by atoms with E-state index < -0.39 is 0 Å². The Bertz CT molecular complexity index is 182. The van der Waals surface area contributed by atoms with Gasteiger partial charge >= 0.3 is 0 Å². The van der Waals surface area contributed by atoms with Crippen molar-refractivity contribution in [3.63, 3.8) is 0 Å². The molecular formula is C12H21N. The first kappa shape index (κ1) is 10.5. The highest BCUT2D eigenvalue weighted by molar-refractivity contribution is 5.09. The number of hydrogen-bond donors (Lipinski definition) is 1. The molecule has 0 amide bonds. The van der Waals surface area contributed by atoms with Gasteiger partial charge in [-0.2, -0.15) is 0 Å². The molecule has 0 aromatic rings. The van der Waals surface area contributed by atoms with Crippen molar-refractivity contribution in [3.8, 4) is 0 Å². The van der Waals surface area contributed by atoms with E-state index in [1.165, 1.54) is 32.1 Å². The third-order valence-electron chi connectivity index (χ3n) is 2.66. The molecule has 0 aliphatic heterocycles. The Morgan fingerprint density at radius 2 is 2.15 bits per heavy atom. The Hall–Kier alpha value is -0.560. The first-order chi connectivity index (χ1) is 6.33. The van der Waals surface area contributed by atoms with E-state index in [1.54, 1.807) is 5.57 Å². The molecule has 0 aromatic heterocycles. The maximum Gasteiger partial charge on any atom is 0.00791 e. The van der Waals surface area contributed by atoms with Crippen LogP contribution in [0.4, 0.5) is 0 Å². The molecule has 0 spiro atoms. The van der Waals surface area contributed by atoms with Crippen LogP contribution in [-0.2, 0) is 0 Å². The summed E-state index contributed by atoms with van der Waals surface area (Å²) in [7, 11) is 0. The second-order valence-electron chi connectivity index (χ2n) is 3.94. The van der Waals surface area contributed by atoms with Crippen LogP contribution in [0.15, 0.2) is 24.3 Å². The fourth-order valence-electron chi connectivity index (χ4n) is 1.84. The van der Waals surface area contributed by atoms with Crippen LogP contribution in [0.5, 0.6) is 0 Å². The van der Waals surface area contributed by atoms with Crippen molar-refractivity contribution in [2.45, 2.75) is 51.0 Å². The summed E-state index contributed by atoms with van der Waals surface area (Å²) in [5.74, 6) is 0. The number of hydrogen-bond acceptors (Lipinski definition) is 1. The predicted molar refractivity (Wildman–Crippen MR) is 58.6 cm³/mol. The number of unbranched alkanes of at least 4 members (excludes halogenated alkanes) is 3. The zero-order valence-electron chi connectivity index (χ0n) is 8.47. The highest BCUT2D eigenvalue weighted by atomic mass is 14.6. The molecule has 0 bridgehead atoms. The molecule has 0 aromatic carbocycles. The van der Waals surface area contributed by atoms with Gasteiger partial charge in [-0.05, 0) is 44.9 Å². The van der Waals surface area contributed by atoms with Crippen LogP contribution in [0, 0.1) is 0 Å². The molecule has 0 heterocycles. The minimum atomic E-state index is 0.444. The lowest BCUT2D eigenvalue weighted by Gasteiger charge is -1.97. The van der Waals surface area contributed by atoms with Crippen molar-refractivity contribution >= 4 is 0 Å². The van der Waals surface area contributed by atoms with Crippen LogP contribution >= 0.6 is 0 Å². The summed E-state index contributed by atoms with van der Waals surface area (Å²) >= 11 is 0. The molecule has 13 heavy (non-hydrogen) atoms. The van der Waals surface area contributed by atoms with Gasteiger partial charge in [0.1, 0.15) is 0 Å². The molecule has 2 N–H and O–H groups in total. The fraction of sp³-hybridized carbons (Fsp3) is 0.667. The molecule has 0 saturated heterocycles. The van der Waals surface area contributed by atoms with E-state index in [0.29, 0.717) is 6.04 Å². The van der Waals surface area contributed by atoms with E-state index in [9.17, 15) is 0 Å². The van der Waals surface area contributed by atoms with Gasteiger partial charge in [0.2, 0.25) is 0 Å². The zero-order valence-corrected chi connectivity index (χ0v) is 8.47. The van der Waals surface area contributed by atoms with E-state index >= 15 is 0 Å². The Morgan fingerprint density at radius 3 is 2.77 bits per heavy atom. The smallest absolute Gasteiger partial charge is 0.00791 e. The van der Waals surface area contributed by atoms with Crippen molar-refractivity contribution in [2.75, 3.05) is 0 Å². The van der Waals surface area contributed by atoms with Gasteiger partial charge < -0.3 is 5.73 Å². The van der Waals surface area contributed by atoms with Crippen LogP contribution in [0.2, 0.25) is 0 Å². The molecular weight excluding hydrogens is 158 g/mol. The molecule has 1 aliphatic carbocycles. The first-order valence-corrected chi connectivity index (χ1v) is 5.37. The van der Waals surface area contributed by atoms with Crippen LogP contribution in [-0.4, -0.2) is 6.04 Å². The average Bonchev–Trinajstić information content (AvgIpc) is 2.51. The summed E-state index contributed by atoms with van der Waals surface area (Å²) < 4.78 is 0. The molecule has 1 nitrogen and oxygen atoms in total. The van der Waals surface area contributed by atoms with Crippen molar-refractivity contribution < 1.29 is 0 Å². The zero-order chi connectivity index (χ0) is 9.52. The van der Waals surface area contributed by atoms with Crippen molar-refractivity contribution in [3.05, 3.63) is 24.3 Å². The topological polar surface area (TPSA) is 26.0 Å². The van der Waals surface area contributed by atoms with E-state index in [0.717, 1.165) is 12.8 Å². The quantitative estimate of drug-likeness (QED) is 0.509. The molecule has 1 unspecified atom stereocenters. The Kier molecular flexibility index (Phi) is 4.84. The van der Waals surface area contributed by atoms with Gasteiger partial charge in [0.25, 0.3) is 0 Å². The third-order valence-corrected chi connectivity index (χ3v) is 2.66. The summed E-state index contributed by atoms with van der Waals surface area (Å²) in [6, 6.07) is 0.444. The maximum absolute atomic E-state index is 5.82. The SMILES string of the molecule is C=CCCCC/C=C1/CCC(N)C1. The molecule has 1 heteroatoms. The van der Waals surface area contributed by atoms with Crippen molar-refractivity contribution in [2.24, 2.45) is 5.73 Å². The fourth-order valence-corrected chi connectivity index (χ4v) is 1.84. The Morgan fingerprint density at radius 1 is 1.38 bits per heavy atom. The third kappa shape index (κ3) is 4.28. The second-order valence-corrected chi connectivity index (χ2v) is 3.94. The lowest BCUT2D eigenvalue weighted by Crippen LogP contribution is -2.13. The molecule has 0 radical (unpaired) electrons. The van der Waals surface area contributed by atoms with Gasteiger partial charge in [-0.25, -0.2) is 0 Å². The molecule has 1 saturated carbocycles. The lowest BCUT2D eigenvalue weighted by atomic mass is 10.1. The van der Waals surface area contributed by atoms with E-state index in [-0.39, 0.29) is 0 Å². The molecule has 1 aliphatic rings. The second kappa shape index (κ2) is 5.98. The minimum absolute atomic E-state index is 0.444. The average molecular weight is 179 g/mol. The number of rotatable bonds is 5. The van der Waals surface area contributed by atoms with Gasteiger partial charge in [0, 0.05) is 6.04 Å². The van der Waals surface area contributed by atoms with Crippen LogP contribution < -0.4 is 5.73 Å². The van der Waals surface area contributed by atoms with Crippen molar-refractivity contribution in [1.82, 2.24) is 0 Å². The van der Waals surface area contributed by atoms with Gasteiger partial charge in [0.15, 0.2) is 0 Å². The number of nitrogens with two attached hydrogens (primary N) is 1. The first-order valence-electron chi connectivity index (χ1n) is 5.37. The van der Waals surface area contributed by atoms with Crippen molar-refractivity contribution in [1.29, 1.82) is 0 Å². The van der Waals surface area contributed by atoms with E-state index in [1.807, 2.05) is 6.08 Å². The summed E-state index contributed by atoms with van der Waals surface area (Å²) in [5.41, 5.74) is 7.41. The van der Waals surface area contributed by atoms with Gasteiger partial charge in [-0.1, -0.05) is 17.7 Å². The summed E-state index contributed by atoms with van der Waals surface area (Å²) in [6.45, 7) is 3.71. The van der Waals surface area contributed by atoms with Gasteiger partial charge in [-0.15, -0.1) is 6.58 Å². The molecule has 1 atom stereocenters. The van der Waals surface area contributed by atoms with Crippen LogP contribution in [0.25, 0.3) is 0 Å². The van der Waals surface area contributed by atoms with Gasteiger partial charge in [-0.3, -0.25) is 0 Å². The van der Waals surface area contributed by atoms with Crippen LogP contribution in [0.3, 0.4) is 0 Å². The normalized spacial score (nSPS) is 25.3. The largest absolute Gasteiger partial charge is 0.327 e. The summed E-state index contributed by atoms with van der Waals surface area (Å²) in [6.07, 6.45) is 12.9. The monoisotopic (exact) mass is 179 g/mol. The molecule has 1 fully saturated rings. The molecule has 74 valence electrons. The lowest BCUT2D eigenvalue weighted by molar-refractivity contribution is 0.710. The van der Waals surface area contributed by atoms with E-state index in [2.05, 4.69) is 12.7 Å². The summed E-state index contributed by atoms with van der Waals surface area (Å²) in [4.78, 5) is 0. The Balaban J connectivity index is 2.06. The highest BCUT2D eigenvalue weighted by Crippen LogP contribution is 2.23. The Labute approximate surface area is 81.7 Å². The molecule has 1 rings (SSSR count). The van der Waals surface area contributed by atoms with Gasteiger partial charge in [0.05, 0.1) is 0 Å². The standard InChI is InChI=1S/C12H21N/c1-2-3-4-5-6-7-11-8-9-12(13)10-11/h2,7,12H,1,3-6,8-10,13H2/b11-7-. The maximum atomic E-state index is 5.82. The van der Waals surface area contributed by atoms with Crippen LogP contribution in [0.1, 0.15) is 44.9 Å². The van der Waals surface area contributed by atoms with E-state index in [4.69, 9.17) is 5.73 Å². The number of allylic oxidation sites excluding steroid dienone is 2. The summed E-state index contributed by atoms with van der Waals surface area (Å²) in [5, 5.41) is 0. The predicted octanol–water partition coefficient (Wildman–Crippen LogP) is 3.17.